The molecule has 29 heavy (non-hydrogen) atoms. The van der Waals surface area contributed by atoms with Crippen LogP contribution in [0.5, 0.6) is 0 Å². The first-order chi connectivity index (χ1) is 14.0. The van der Waals surface area contributed by atoms with Crippen molar-refractivity contribution in [1.29, 1.82) is 0 Å². The second-order valence-electron chi connectivity index (χ2n) is 7.72. The lowest BCUT2D eigenvalue weighted by Crippen LogP contribution is -2.58. The zero-order chi connectivity index (χ0) is 20.7. The summed E-state index contributed by atoms with van der Waals surface area (Å²) in [6, 6.07) is 19.3. The van der Waals surface area contributed by atoms with Crippen molar-refractivity contribution in [1.82, 2.24) is 10.2 Å². The van der Waals surface area contributed by atoms with Crippen molar-refractivity contribution in [3.05, 3.63) is 71.8 Å². The largest absolute Gasteiger partial charge is 0.481 e. The summed E-state index contributed by atoms with van der Waals surface area (Å²) in [6.45, 7) is 1.31. The van der Waals surface area contributed by atoms with Gasteiger partial charge in [0.15, 0.2) is 0 Å². The molecule has 2 atom stereocenters. The summed E-state index contributed by atoms with van der Waals surface area (Å²) < 4.78 is 0. The van der Waals surface area contributed by atoms with Crippen molar-refractivity contribution in [2.45, 2.75) is 25.4 Å². The van der Waals surface area contributed by atoms with E-state index in [1.807, 2.05) is 65.6 Å². The lowest BCUT2D eigenvalue weighted by atomic mass is 9.73. The van der Waals surface area contributed by atoms with Gasteiger partial charge in [-0.05, 0) is 30.4 Å². The van der Waals surface area contributed by atoms with Crippen LogP contribution in [0.1, 0.15) is 17.5 Å². The summed E-state index contributed by atoms with van der Waals surface area (Å²) in [4.78, 5) is 26.4. The molecule has 0 aliphatic carbocycles. The van der Waals surface area contributed by atoms with E-state index in [0.717, 1.165) is 17.5 Å². The molecule has 0 unspecified atom stereocenters. The number of aliphatic hydroxyl groups excluding tert-OH is 1. The summed E-state index contributed by atoms with van der Waals surface area (Å²) >= 11 is 0. The van der Waals surface area contributed by atoms with Gasteiger partial charge >= 0.3 is 5.97 Å². The second-order valence-corrected chi connectivity index (χ2v) is 7.72. The number of likely N-dealkylation sites (tertiary alicyclic amines) is 1. The van der Waals surface area contributed by atoms with Gasteiger partial charge in [-0.15, -0.1) is 0 Å². The highest BCUT2D eigenvalue weighted by Gasteiger charge is 2.49. The first-order valence-electron chi connectivity index (χ1n) is 9.98. The number of carboxylic acids is 1. The first kappa shape index (κ1) is 21.0. The van der Waals surface area contributed by atoms with Gasteiger partial charge in [-0.3, -0.25) is 14.5 Å². The lowest BCUT2D eigenvalue weighted by Gasteiger charge is -2.43. The van der Waals surface area contributed by atoms with Gasteiger partial charge in [-0.25, -0.2) is 0 Å². The van der Waals surface area contributed by atoms with Gasteiger partial charge in [0.2, 0.25) is 5.91 Å². The molecule has 3 N–H and O–H groups in total. The molecule has 2 aromatic rings. The predicted octanol–water partition coefficient (Wildman–Crippen LogP) is 1.73. The lowest BCUT2D eigenvalue weighted by molar-refractivity contribution is -0.164. The van der Waals surface area contributed by atoms with Crippen molar-refractivity contribution in [3.63, 3.8) is 0 Å². The third-order valence-electron chi connectivity index (χ3n) is 5.60. The Hall–Kier alpha value is -2.70. The van der Waals surface area contributed by atoms with Gasteiger partial charge in [0, 0.05) is 19.6 Å². The molecule has 0 saturated carbocycles. The molecule has 1 aliphatic heterocycles. The maximum atomic E-state index is 12.4. The average Bonchev–Trinajstić information content (AvgIpc) is 2.72. The number of piperidine rings is 1. The molecule has 1 aliphatic rings. The molecule has 1 amide bonds. The van der Waals surface area contributed by atoms with E-state index in [0.29, 0.717) is 19.5 Å². The Bertz CT molecular complexity index is 812. The van der Waals surface area contributed by atoms with Crippen LogP contribution in [0.15, 0.2) is 60.7 Å². The van der Waals surface area contributed by atoms with Crippen LogP contribution in [0, 0.1) is 5.41 Å². The van der Waals surface area contributed by atoms with Crippen molar-refractivity contribution in [2.24, 2.45) is 5.41 Å². The third-order valence-corrected chi connectivity index (χ3v) is 5.60. The van der Waals surface area contributed by atoms with Gasteiger partial charge < -0.3 is 15.5 Å². The molecular formula is C23H28N2O4. The maximum Gasteiger partial charge on any atom is 0.313 e. The number of nitrogens with one attached hydrogen (secondary N) is 1. The minimum absolute atomic E-state index is 0.128. The summed E-state index contributed by atoms with van der Waals surface area (Å²) in [6.07, 6.45) is 0.364. The summed E-state index contributed by atoms with van der Waals surface area (Å²) in [5.74, 6) is -1.15. The number of hydrogen-bond acceptors (Lipinski definition) is 4. The fourth-order valence-corrected chi connectivity index (χ4v) is 3.97. The standard InChI is InChI=1S/C23H28N2O4/c26-20-12-14-25(16-21(27)24-13-11-18-7-3-1-4-8-18)17-23(20,22(28)29)15-19-9-5-2-6-10-19/h1-10,20,26H,11-17H2,(H,24,27)(H,28,29)/t20-,23-/m0/s1. The van der Waals surface area contributed by atoms with Gasteiger partial charge in [0.05, 0.1) is 12.6 Å². The van der Waals surface area contributed by atoms with E-state index < -0.39 is 17.5 Å². The Morgan fingerprint density at radius 1 is 1.03 bits per heavy atom. The van der Waals surface area contributed by atoms with Crippen LogP contribution in [0.3, 0.4) is 0 Å². The maximum absolute atomic E-state index is 12.4. The average molecular weight is 396 g/mol. The normalized spacial score (nSPS) is 22.2. The zero-order valence-corrected chi connectivity index (χ0v) is 16.5. The Morgan fingerprint density at radius 3 is 2.28 bits per heavy atom. The van der Waals surface area contributed by atoms with Crippen LogP contribution in [0.2, 0.25) is 0 Å². The number of carbonyl (C=O) groups is 2. The van der Waals surface area contributed by atoms with Crippen LogP contribution in [0.4, 0.5) is 0 Å². The number of aliphatic carboxylic acids is 1. The molecule has 0 radical (unpaired) electrons. The minimum atomic E-state index is -1.32. The van der Waals surface area contributed by atoms with Gasteiger partial charge in [-0.2, -0.15) is 0 Å². The Morgan fingerprint density at radius 2 is 1.66 bits per heavy atom. The van der Waals surface area contributed by atoms with Crippen molar-refractivity contribution >= 4 is 11.9 Å². The van der Waals surface area contributed by atoms with E-state index in [1.54, 1.807) is 0 Å². The quantitative estimate of drug-likeness (QED) is 0.632. The third kappa shape index (κ3) is 5.43. The van der Waals surface area contributed by atoms with E-state index in [1.165, 1.54) is 0 Å². The number of carboxylic acid groups (broad SMARTS) is 1. The van der Waals surface area contributed by atoms with E-state index in [-0.39, 0.29) is 25.4 Å². The molecule has 2 aromatic carbocycles. The molecule has 1 fully saturated rings. The van der Waals surface area contributed by atoms with Crippen LogP contribution < -0.4 is 5.32 Å². The Kier molecular flexibility index (Phi) is 7.01. The number of hydrogen-bond donors (Lipinski definition) is 3. The molecule has 6 heteroatoms. The number of benzene rings is 2. The van der Waals surface area contributed by atoms with Crippen LogP contribution in [-0.4, -0.2) is 59.3 Å². The monoisotopic (exact) mass is 396 g/mol. The number of rotatable bonds is 8. The van der Waals surface area contributed by atoms with E-state index in [9.17, 15) is 19.8 Å². The van der Waals surface area contributed by atoms with Crippen molar-refractivity contribution in [2.75, 3.05) is 26.2 Å². The first-order valence-corrected chi connectivity index (χ1v) is 9.98. The molecule has 0 spiro atoms. The molecule has 1 heterocycles. The predicted molar refractivity (Wildman–Crippen MR) is 110 cm³/mol. The summed E-state index contributed by atoms with van der Waals surface area (Å²) in [5, 5.41) is 23.4. The molecule has 0 aromatic heterocycles. The number of amides is 1. The number of aliphatic hydroxyl groups is 1. The van der Waals surface area contributed by atoms with E-state index in [4.69, 9.17) is 0 Å². The molecule has 6 nitrogen and oxygen atoms in total. The molecular weight excluding hydrogens is 368 g/mol. The van der Waals surface area contributed by atoms with Gasteiger partial charge in [-0.1, -0.05) is 60.7 Å². The fraction of sp³-hybridized carbons (Fsp3) is 0.391. The molecule has 154 valence electrons. The zero-order valence-electron chi connectivity index (χ0n) is 16.5. The minimum Gasteiger partial charge on any atom is -0.481 e. The molecule has 0 bridgehead atoms. The SMILES string of the molecule is O=C(CN1CC[C@H](O)[C@@](Cc2ccccc2)(C(=O)O)C1)NCCc1ccccc1. The molecule has 3 rings (SSSR count). The van der Waals surface area contributed by atoms with Crippen LogP contribution >= 0.6 is 0 Å². The van der Waals surface area contributed by atoms with E-state index in [2.05, 4.69) is 5.32 Å². The summed E-state index contributed by atoms with van der Waals surface area (Å²) in [7, 11) is 0. The highest BCUT2D eigenvalue weighted by Crippen LogP contribution is 2.34. The van der Waals surface area contributed by atoms with Gasteiger partial charge in [0.1, 0.15) is 5.41 Å². The number of carbonyl (C=O) groups excluding carboxylic acids is 1. The highest BCUT2D eigenvalue weighted by atomic mass is 16.4. The molecule has 1 saturated heterocycles. The summed E-state index contributed by atoms with van der Waals surface area (Å²) in [5.41, 5.74) is 0.703. The number of nitrogens with zero attached hydrogens (tertiary/aromatic N) is 1. The van der Waals surface area contributed by atoms with Crippen molar-refractivity contribution in [3.8, 4) is 0 Å². The van der Waals surface area contributed by atoms with Crippen LogP contribution in [0.25, 0.3) is 0 Å². The van der Waals surface area contributed by atoms with E-state index >= 15 is 0 Å². The Balaban J connectivity index is 1.58. The highest BCUT2D eigenvalue weighted by molar-refractivity contribution is 5.79. The van der Waals surface area contributed by atoms with Gasteiger partial charge in [0.25, 0.3) is 0 Å². The topological polar surface area (TPSA) is 89.9 Å². The Labute approximate surface area is 171 Å². The fourth-order valence-electron chi connectivity index (χ4n) is 3.97. The smallest absolute Gasteiger partial charge is 0.313 e. The second kappa shape index (κ2) is 9.67. The van der Waals surface area contributed by atoms with Crippen molar-refractivity contribution < 1.29 is 19.8 Å². The van der Waals surface area contributed by atoms with Crippen LogP contribution in [-0.2, 0) is 22.4 Å².